The van der Waals surface area contributed by atoms with E-state index >= 15 is 0 Å². The Kier molecular flexibility index (Phi) is 7.38. The lowest BCUT2D eigenvalue weighted by atomic mass is 9.98. The van der Waals surface area contributed by atoms with Crippen molar-refractivity contribution < 1.29 is 0 Å². The number of rotatable bonds is 6. The molecule has 6 heteroatoms. The molecule has 56 heavy (non-hydrogen) atoms. The molecule has 5 aromatic carbocycles. The standard InChI is InChI=1S/C50H32N6/c1-3-13-47-39(9-1)41-29-35(19-25-49(41)55(47)37-21-23-45(53-31-37)43-11-5-7-27-51-43)33-15-17-34(18-16-33)36-20-26-50-42(30-36)40-10-2-4-14-48(40)56(50)38-22-24-46(54-32-38)44-12-6-8-28-52-44/h1-32H. The van der Waals surface area contributed by atoms with Gasteiger partial charge in [-0.2, -0.15) is 0 Å². The summed E-state index contributed by atoms with van der Waals surface area (Å²) >= 11 is 0. The van der Waals surface area contributed by atoms with Gasteiger partial charge in [0, 0.05) is 33.9 Å². The predicted molar refractivity (Wildman–Crippen MR) is 228 cm³/mol. The first-order valence-corrected chi connectivity index (χ1v) is 18.7. The van der Waals surface area contributed by atoms with Crippen LogP contribution in [0.5, 0.6) is 0 Å². The molecule has 0 aliphatic carbocycles. The zero-order valence-corrected chi connectivity index (χ0v) is 30.2. The summed E-state index contributed by atoms with van der Waals surface area (Å²) in [5.74, 6) is 0. The van der Waals surface area contributed by atoms with E-state index in [0.29, 0.717) is 0 Å². The van der Waals surface area contributed by atoms with E-state index in [1.54, 1.807) is 12.4 Å². The van der Waals surface area contributed by atoms with Crippen LogP contribution >= 0.6 is 0 Å². The monoisotopic (exact) mass is 716 g/mol. The van der Waals surface area contributed by atoms with Crippen LogP contribution in [-0.2, 0) is 0 Å². The smallest absolute Gasteiger partial charge is 0.0887 e. The summed E-state index contributed by atoms with van der Waals surface area (Å²) in [4.78, 5) is 18.5. The first kappa shape index (κ1) is 31.8. The third-order valence-corrected chi connectivity index (χ3v) is 10.8. The van der Waals surface area contributed by atoms with Gasteiger partial charge in [0.1, 0.15) is 0 Å². The van der Waals surface area contributed by atoms with Crippen molar-refractivity contribution in [2.45, 2.75) is 0 Å². The summed E-state index contributed by atoms with van der Waals surface area (Å²) < 4.78 is 4.60. The Morgan fingerprint density at radius 1 is 0.286 bits per heavy atom. The molecule has 11 aromatic rings. The summed E-state index contributed by atoms with van der Waals surface area (Å²) in [5, 5.41) is 4.84. The topological polar surface area (TPSA) is 61.4 Å². The molecule has 262 valence electrons. The minimum absolute atomic E-state index is 0.855. The number of benzene rings is 5. The predicted octanol–water partition coefficient (Wildman–Crippen LogP) is 12.1. The van der Waals surface area contributed by atoms with Gasteiger partial charge in [-0.1, -0.05) is 84.9 Å². The summed E-state index contributed by atoms with van der Waals surface area (Å²) in [6.45, 7) is 0. The van der Waals surface area contributed by atoms with Crippen LogP contribution in [0.25, 0.3) is 100 Å². The van der Waals surface area contributed by atoms with Crippen molar-refractivity contribution in [2.75, 3.05) is 0 Å². The molecule has 0 aliphatic rings. The van der Waals surface area contributed by atoms with Gasteiger partial charge in [0.05, 0.1) is 68.6 Å². The minimum atomic E-state index is 0.855. The van der Waals surface area contributed by atoms with Gasteiger partial charge in [-0.3, -0.25) is 19.9 Å². The number of fused-ring (bicyclic) bond motifs is 6. The van der Waals surface area contributed by atoms with Crippen molar-refractivity contribution in [3.63, 3.8) is 0 Å². The minimum Gasteiger partial charge on any atom is -0.308 e. The molecule has 11 rings (SSSR count). The average molecular weight is 717 g/mol. The Morgan fingerprint density at radius 3 is 1.09 bits per heavy atom. The third-order valence-electron chi connectivity index (χ3n) is 10.8. The van der Waals surface area contributed by atoms with Crippen LogP contribution in [0.1, 0.15) is 0 Å². The molecule has 6 nitrogen and oxygen atoms in total. The van der Waals surface area contributed by atoms with E-state index in [9.17, 15) is 0 Å². The molecule has 0 bridgehead atoms. The highest BCUT2D eigenvalue weighted by Crippen LogP contribution is 2.38. The van der Waals surface area contributed by atoms with E-state index in [4.69, 9.17) is 9.97 Å². The van der Waals surface area contributed by atoms with Crippen LogP contribution in [0.15, 0.2) is 195 Å². The Hall–Kier alpha value is -7.70. The van der Waals surface area contributed by atoms with Crippen LogP contribution in [0.3, 0.4) is 0 Å². The van der Waals surface area contributed by atoms with Gasteiger partial charge in [-0.05, 0) is 107 Å². The van der Waals surface area contributed by atoms with Crippen molar-refractivity contribution >= 4 is 43.6 Å². The zero-order chi connectivity index (χ0) is 37.0. The molecule has 0 atom stereocenters. The van der Waals surface area contributed by atoms with Crippen molar-refractivity contribution in [3.05, 3.63) is 195 Å². The van der Waals surface area contributed by atoms with E-state index in [1.165, 1.54) is 43.8 Å². The zero-order valence-electron chi connectivity index (χ0n) is 30.2. The fourth-order valence-electron chi connectivity index (χ4n) is 8.08. The van der Waals surface area contributed by atoms with E-state index in [2.05, 4.69) is 140 Å². The Labute approximate surface area is 322 Å². The van der Waals surface area contributed by atoms with Crippen LogP contribution < -0.4 is 0 Å². The molecule has 6 heterocycles. The molecule has 6 aromatic heterocycles. The summed E-state index contributed by atoms with van der Waals surface area (Å²) in [6.07, 6.45) is 7.48. The molecule has 0 radical (unpaired) electrons. The second kappa shape index (κ2) is 13.0. The Bertz CT molecular complexity index is 2980. The molecule has 0 fully saturated rings. The van der Waals surface area contributed by atoms with Gasteiger partial charge in [0.15, 0.2) is 0 Å². The summed E-state index contributed by atoms with van der Waals surface area (Å²) in [5.41, 5.74) is 14.8. The van der Waals surface area contributed by atoms with Crippen LogP contribution in [0, 0.1) is 0 Å². The van der Waals surface area contributed by atoms with Gasteiger partial charge in [0.25, 0.3) is 0 Å². The van der Waals surface area contributed by atoms with Crippen molar-refractivity contribution in [3.8, 4) is 56.4 Å². The lowest BCUT2D eigenvalue weighted by Crippen LogP contribution is -1.96. The number of hydrogen-bond acceptors (Lipinski definition) is 4. The van der Waals surface area contributed by atoms with E-state index in [-0.39, 0.29) is 0 Å². The first-order chi connectivity index (χ1) is 27.8. The van der Waals surface area contributed by atoms with Crippen molar-refractivity contribution in [1.29, 1.82) is 0 Å². The molecule has 0 unspecified atom stereocenters. The lowest BCUT2D eigenvalue weighted by molar-refractivity contribution is 1.14. The fourth-order valence-corrected chi connectivity index (χ4v) is 8.08. The summed E-state index contributed by atoms with van der Waals surface area (Å²) in [6, 6.07) is 59.8. The molecular weight excluding hydrogens is 685 g/mol. The highest BCUT2D eigenvalue weighted by Gasteiger charge is 2.16. The lowest BCUT2D eigenvalue weighted by Gasteiger charge is -2.10. The molecule has 0 amide bonds. The highest BCUT2D eigenvalue weighted by molar-refractivity contribution is 6.11. The van der Waals surface area contributed by atoms with E-state index < -0.39 is 0 Å². The number of aromatic nitrogens is 6. The number of hydrogen-bond donors (Lipinski definition) is 0. The molecule has 0 N–H and O–H groups in total. The van der Waals surface area contributed by atoms with Crippen LogP contribution in [0.4, 0.5) is 0 Å². The van der Waals surface area contributed by atoms with Gasteiger partial charge < -0.3 is 9.13 Å². The largest absolute Gasteiger partial charge is 0.308 e. The molecular formula is C50H32N6. The maximum Gasteiger partial charge on any atom is 0.0887 e. The van der Waals surface area contributed by atoms with E-state index in [0.717, 1.165) is 56.2 Å². The second-order valence-electron chi connectivity index (χ2n) is 14.0. The van der Waals surface area contributed by atoms with Crippen LogP contribution in [0.2, 0.25) is 0 Å². The average Bonchev–Trinajstić information content (AvgIpc) is 3.79. The third kappa shape index (κ3) is 5.27. The number of nitrogens with zero attached hydrogens (tertiary/aromatic N) is 6. The molecule has 0 saturated carbocycles. The molecule has 0 spiro atoms. The normalized spacial score (nSPS) is 11.6. The Morgan fingerprint density at radius 2 is 0.679 bits per heavy atom. The summed E-state index contributed by atoms with van der Waals surface area (Å²) in [7, 11) is 0. The SMILES string of the molecule is c1ccc(-c2ccc(-n3c4ccccc4c4cc(-c5ccc(-c6ccc7c(c6)c6ccccc6n7-c6ccc(-c7ccccn7)nc6)cc5)ccc43)cn2)nc1. The van der Waals surface area contributed by atoms with Gasteiger partial charge in [-0.15, -0.1) is 0 Å². The van der Waals surface area contributed by atoms with E-state index in [1.807, 2.05) is 60.9 Å². The maximum atomic E-state index is 4.79. The van der Waals surface area contributed by atoms with Gasteiger partial charge in [0.2, 0.25) is 0 Å². The Balaban J connectivity index is 0.933. The fraction of sp³-hybridized carbons (Fsp3) is 0. The second-order valence-corrected chi connectivity index (χ2v) is 14.0. The number of pyridine rings is 4. The van der Waals surface area contributed by atoms with Crippen LogP contribution in [-0.4, -0.2) is 29.1 Å². The molecule has 0 saturated heterocycles. The van der Waals surface area contributed by atoms with Gasteiger partial charge >= 0.3 is 0 Å². The van der Waals surface area contributed by atoms with Crippen molar-refractivity contribution in [2.24, 2.45) is 0 Å². The number of para-hydroxylation sites is 2. The first-order valence-electron chi connectivity index (χ1n) is 18.7. The quantitative estimate of drug-likeness (QED) is 0.172. The molecule has 0 aliphatic heterocycles. The highest BCUT2D eigenvalue weighted by atomic mass is 15.0. The maximum absolute atomic E-state index is 4.79. The van der Waals surface area contributed by atoms with Crippen molar-refractivity contribution in [1.82, 2.24) is 29.1 Å². The van der Waals surface area contributed by atoms with Gasteiger partial charge in [-0.25, -0.2) is 0 Å².